The smallest absolute Gasteiger partial charge is 0.348 e. The van der Waals surface area contributed by atoms with E-state index in [4.69, 9.17) is 17.0 Å². The van der Waals surface area contributed by atoms with Crippen LogP contribution in [-0.4, -0.2) is 34.4 Å². The monoisotopic (exact) mass is 273 g/mol. The largest absolute Gasteiger partial charge is 0.354 e. The molecule has 1 aliphatic heterocycles. The van der Waals surface area contributed by atoms with Crippen molar-refractivity contribution < 1.29 is 8.63 Å². The lowest BCUT2D eigenvalue weighted by Crippen LogP contribution is -2.43. The van der Waals surface area contributed by atoms with Crippen LogP contribution in [0.2, 0.25) is 0 Å². The van der Waals surface area contributed by atoms with Crippen molar-refractivity contribution in [3.8, 4) is 0 Å². The van der Waals surface area contributed by atoms with Gasteiger partial charge in [0.05, 0.1) is 19.6 Å². The van der Waals surface area contributed by atoms with Gasteiger partial charge in [0.15, 0.2) is 4.32 Å². The molecule has 17 heavy (non-hydrogen) atoms. The molecule has 0 aromatic heterocycles. The van der Waals surface area contributed by atoms with Gasteiger partial charge in [-0.05, 0) is 33.0 Å². The summed E-state index contributed by atoms with van der Waals surface area (Å²) in [6.45, 7) is 10.5. The summed E-state index contributed by atoms with van der Waals surface area (Å²) >= 11 is 7.10. The Kier molecular flexibility index (Phi) is 6.02. The Labute approximate surface area is 114 Å². The van der Waals surface area contributed by atoms with Crippen molar-refractivity contribution in [3.05, 3.63) is 24.2 Å². The Morgan fingerprint density at radius 3 is 2.47 bits per heavy atom. The lowest BCUT2D eigenvalue weighted by molar-refractivity contribution is -0.788. The van der Waals surface area contributed by atoms with E-state index in [-0.39, 0.29) is 0 Å². The third-order valence-electron chi connectivity index (χ3n) is 2.99. The van der Waals surface area contributed by atoms with Crippen LogP contribution in [0.25, 0.3) is 0 Å². The molecule has 1 aliphatic rings. The van der Waals surface area contributed by atoms with E-state index in [1.165, 1.54) is 0 Å². The fraction of sp³-hybridized carbons (Fsp3) is 0.583. The van der Waals surface area contributed by atoms with Crippen LogP contribution in [0.1, 0.15) is 20.8 Å². The zero-order chi connectivity index (χ0) is 12.7. The molecule has 3 nitrogen and oxygen atoms in total. The third kappa shape index (κ3) is 4.33. The number of nitrogens with zero attached hydrogens (tertiary/aromatic N) is 1. The average molecular weight is 273 g/mol. The molecule has 0 aromatic carbocycles. The van der Waals surface area contributed by atoms with E-state index in [0.717, 1.165) is 33.6 Å². The van der Waals surface area contributed by atoms with Crippen LogP contribution in [0.3, 0.4) is 0 Å². The molecule has 0 saturated carbocycles. The van der Waals surface area contributed by atoms with Gasteiger partial charge in [0.2, 0.25) is 0 Å². The summed E-state index contributed by atoms with van der Waals surface area (Å²) in [6.07, 6.45) is 5.51. The van der Waals surface area contributed by atoms with Gasteiger partial charge in [0, 0.05) is 12.2 Å². The molecular weight excluding hydrogens is 252 g/mol. The molecule has 1 heterocycles. The number of ether oxygens (including phenoxy) is 1. The number of thiocarbonyl (C=S) groups is 1. The normalized spacial score (nSPS) is 14.4. The molecule has 0 saturated heterocycles. The zero-order valence-corrected chi connectivity index (χ0v) is 12.4. The summed E-state index contributed by atoms with van der Waals surface area (Å²) in [5.41, 5.74) is 0. The van der Waals surface area contributed by atoms with Crippen molar-refractivity contribution >= 4 is 28.5 Å². The van der Waals surface area contributed by atoms with E-state index in [9.17, 15) is 0 Å². The van der Waals surface area contributed by atoms with E-state index < -0.39 is 0 Å². The molecule has 0 fully saturated rings. The maximum atomic E-state index is 5.37. The topological polar surface area (TPSA) is 23.3 Å². The number of nitrogens with one attached hydrogen (secondary N) is 1. The molecule has 0 aromatic rings. The average Bonchev–Trinajstić information content (AvgIpc) is 2.87. The Hall–Kier alpha value is -0.520. The lowest BCUT2D eigenvalue weighted by Gasteiger charge is -2.32. The molecule has 95 valence electrons. The first kappa shape index (κ1) is 14.5. The molecule has 0 aliphatic carbocycles. The highest BCUT2D eigenvalue weighted by molar-refractivity contribution is 8.19. The summed E-state index contributed by atoms with van der Waals surface area (Å²) in [7, 11) is 0. The van der Waals surface area contributed by atoms with Crippen LogP contribution in [0.15, 0.2) is 24.2 Å². The molecule has 0 amide bonds. The summed E-state index contributed by atoms with van der Waals surface area (Å²) < 4.78 is 7.06. The van der Waals surface area contributed by atoms with Gasteiger partial charge in [0.25, 0.3) is 0 Å². The van der Waals surface area contributed by atoms with Crippen LogP contribution >= 0.6 is 24.2 Å². The molecule has 0 unspecified atom stereocenters. The second-order valence-electron chi connectivity index (χ2n) is 3.82. The Morgan fingerprint density at radius 2 is 2.00 bits per heavy atom. The maximum Gasteiger partial charge on any atom is 0.348 e. The van der Waals surface area contributed by atoms with Gasteiger partial charge in [0.1, 0.15) is 18.5 Å². The van der Waals surface area contributed by atoms with E-state index in [2.05, 4.69) is 26.1 Å². The predicted molar refractivity (Wildman–Crippen MR) is 78.4 cm³/mol. The minimum Gasteiger partial charge on any atom is -0.354 e. The molecule has 1 rings (SSSR count). The van der Waals surface area contributed by atoms with E-state index in [0.29, 0.717) is 6.54 Å². The first-order valence-electron chi connectivity index (χ1n) is 6.01. The van der Waals surface area contributed by atoms with Crippen molar-refractivity contribution in [1.29, 1.82) is 0 Å². The van der Waals surface area contributed by atoms with Gasteiger partial charge < -0.3 is 5.32 Å². The standard InChI is InChI=1S/C12H20N2OS2/c1-4-14(5-2,6-3)17-12(16)13-10-11-8-7-9-15-11/h7-9H,4-6,10H2,1-3H3/q+1/p+1. The number of rotatable bonds is 6. The van der Waals surface area contributed by atoms with Crippen molar-refractivity contribution in [2.75, 3.05) is 26.2 Å². The maximum absolute atomic E-state index is 5.37. The predicted octanol–water partition coefficient (Wildman–Crippen LogP) is 2.81. The molecule has 0 atom stereocenters. The van der Waals surface area contributed by atoms with Gasteiger partial charge >= 0.3 is 12.0 Å². The van der Waals surface area contributed by atoms with Crippen LogP contribution in [0, 0.1) is 0 Å². The summed E-state index contributed by atoms with van der Waals surface area (Å²) in [5.74, 6) is 0.913. The molecule has 0 spiro atoms. The number of hydrogen-bond donors (Lipinski definition) is 1. The quantitative estimate of drug-likeness (QED) is 0.348. The van der Waals surface area contributed by atoms with Crippen LogP contribution in [0.4, 0.5) is 0 Å². The van der Waals surface area contributed by atoms with E-state index >= 15 is 0 Å². The van der Waals surface area contributed by atoms with Gasteiger partial charge in [-0.2, -0.15) is 0 Å². The van der Waals surface area contributed by atoms with Gasteiger partial charge in [-0.1, -0.05) is 0 Å². The molecule has 0 bridgehead atoms. The van der Waals surface area contributed by atoms with E-state index in [1.807, 2.05) is 12.2 Å². The fourth-order valence-electron chi connectivity index (χ4n) is 1.65. The molecular formula is C12H21N2OS2+2. The SMILES string of the molecule is CC[N+](CC)(CC)SC(=S)NCC1=CC=C[O+]1. The summed E-state index contributed by atoms with van der Waals surface area (Å²) in [6, 6.07) is 0. The number of hydrogen-bond acceptors (Lipinski definition) is 3. The van der Waals surface area contributed by atoms with Crippen molar-refractivity contribution in [1.82, 2.24) is 5.32 Å². The van der Waals surface area contributed by atoms with Crippen LogP contribution in [0.5, 0.6) is 0 Å². The zero-order valence-electron chi connectivity index (χ0n) is 10.7. The highest BCUT2D eigenvalue weighted by atomic mass is 32.2. The first-order valence-corrected chi connectivity index (χ1v) is 7.19. The van der Waals surface area contributed by atoms with Crippen molar-refractivity contribution in [2.24, 2.45) is 0 Å². The van der Waals surface area contributed by atoms with Gasteiger partial charge in [-0.3, -0.25) is 3.89 Å². The Morgan fingerprint density at radius 1 is 1.35 bits per heavy atom. The second kappa shape index (κ2) is 7.03. The fourth-order valence-corrected chi connectivity index (χ4v) is 3.07. The molecule has 1 N–H and O–H groups in total. The van der Waals surface area contributed by atoms with E-state index in [1.54, 1.807) is 18.2 Å². The minimum atomic E-state index is 0.663. The van der Waals surface area contributed by atoms with Gasteiger partial charge in [-0.15, -0.1) is 0 Å². The molecule has 5 heteroatoms. The Bertz CT molecular complexity index is 314. The third-order valence-corrected chi connectivity index (χ3v) is 4.83. The van der Waals surface area contributed by atoms with Crippen LogP contribution in [-0.2, 0) is 4.74 Å². The lowest BCUT2D eigenvalue weighted by atomic mass is 10.4. The summed E-state index contributed by atoms with van der Waals surface area (Å²) in [4.78, 5) is 0. The summed E-state index contributed by atoms with van der Waals surface area (Å²) in [5, 5.41) is 3.23. The van der Waals surface area contributed by atoms with Crippen LogP contribution < -0.4 is 5.32 Å². The van der Waals surface area contributed by atoms with Crippen molar-refractivity contribution in [3.63, 3.8) is 0 Å². The molecule has 1 radical (unpaired) electrons. The highest BCUT2D eigenvalue weighted by Crippen LogP contribution is 2.22. The Balaban J connectivity index is 2.37. The minimum absolute atomic E-state index is 0.663. The number of quaternary nitrogens is 1. The van der Waals surface area contributed by atoms with Gasteiger partial charge in [-0.25, -0.2) is 4.74 Å². The van der Waals surface area contributed by atoms with Crippen molar-refractivity contribution in [2.45, 2.75) is 20.8 Å². The highest BCUT2D eigenvalue weighted by Gasteiger charge is 2.26. The first-order chi connectivity index (χ1) is 8.15. The second-order valence-corrected chi connectivity index (χ2v) is 5.85. The number of allylic oxidation sites excluding steroid dienone is 2.